The molecule has 18 heavy (non-hydrogen) atoms. The van der Waals surface area contributed by atoms with Crippen molar-refractivity contribution in [3.63, 3.8) is 0 Å². The van der Waals surface area contributed by atoms with E-state index in [0.29, 0.717) is 0 Å². The average molecular weight is 310 g/mol. The van der Waals surface area contributed by atoms with Gasteiger partial charge in [-0.2, -0.15) is 0 Å². The molecule has 1 aliphatic heterocycles. The molecule has 1 atom stereocenters. The first-order valence-electron chi connectivity index (χ1n) is 7.28. The summed E-state index contributed by atoms with van der Waals surface area (Å²) in [5, 5.41) is 0. The molecule has 0 spiro atoms. The molecule has 0 saturated carbocycles. The van der Waals surface area contributed by atoms with Gasteiger partial charge in [0.15, 0.2) is 0 Å². The highest BCUT2D eigenvalue weighted by Gasteiger charge is 2.20. The van der Waals surface area contributed by atoms with E-state index in [4.69, 9.17) is 0 Å². The van der Waals surface area contributed by atoms with Crippen LogP contribution in [0, 0.1) is 0 Å². The third kappa shape index (κ3) is 4.10. The van der Waals surface area contributed by atoms with Crippen molar-refractivity contribution in [2.75, 3.05) is 13.1 Å². The van der Waals surface area contributed by atoms with Gasteiger partial charge in [-0.05, 0) is 56.5 Å². The molecule has 1 aromatic carbocycles. The predicted octanol–water partition coefficient (Wildman–Crippen LogP) is 4.65. The van der Waals surface area contributed by atoms with Crippen molar-refractivity contribution >= 4 is 15.9 Å². The van der Waals surface area contributed by atoms with Crippen LogP contribution in [0.3, 0.4) is 0 Å². The number of piperidine rings is 1. The van der Waals surface area contributed by atoms with Crippen LogP contribution in [0.25, 0.3) is 0 Å². The van der Waals surface area contributed by atoms with Crippen LogP contribution in [0.4, 0.5) is 0 Å². The summed E-state index contributed by atoms with van der Waals surface area (Å²) in [5.41, 5.74) is 1.47. The molecule has 0 aliphatic carbocycles. The number of nitrogens with zero attached hydrogens (tertiary/aromatic N) is 1. The van der Waals surface area contributed by atoms with Gasteiger partial charge in [0.25, 0.3) is 0 Å². The zero-order valence-corrected chi connectivity index (χ0v) is 13.0. The van der Waals surface area contributed by atoms with Crippen LogP contribution in [-0.4, -0.2) is 24.0 Å². The molecule has 2 rings (SSSR count). The van der Waals surface area contributed by atoms with Crippen molar-refractivity contribution in [1.82, 2.24) is 4.90 Å². The molecular weight excluding hydrogens is 286 g/mol. The van der Waals surface area contributed by atoms with Crippen LogP contribution in [0.5, 0.6) is 0 Å². The lowest BCUT2D eigenvalue weighted by atomic mass is 9.98. The Morgan fingerprint density at radius 1 is 1.22 bits per heavy atom. The van der Waals surface area contributed by atoms with Crippen molar-refractivity contribution in [2.45, 2.75) is 51.5 Å². The molecule has 1 nitrogen and oxygen atoms in total. The van der Waals surface area contributed by atoms with Crippen molar-refractivity contribution in [3.8, 4) is 0 Å². The molecular formula is C16H24BrN. The summed E-state index contributed by atoms with van der Waals surface area (Å²) in [7, 11) is 0. The molecule has 1 fully saturated rings. The highest BCUT2D eigenvalue weighted by atomic mass is 79.9. The summed E-state index contributed by atoms with van der Waals surface area (Å²) in [6.07, 6.45) is 8.01. The first-order valence-corrected chi connectivity index (χ1v) is 8.07. The highest BCUT2D eigenvalue weighted by Crippen LogP contribution is 2.20. The fourth-order valence-electron chi connectivity index (χ4n) is 2.97. The molecule has 0 N–H and O–H groups in total. The average Bonchev–Trinajstić information content (AvgIpc) is 2.39. The number of benzene rings is 1. The second kappa shape index (κ2) is 7.30. The van der Waals surface area contributed by atoms with Crippen LogP contribution in [-0.2, 0) is 6.42 Å². The Bertz CT molecular complexity index is 358. The fourth-order valence-corrected chi connectivity index (χ4v) is 3.41. The Kier molecular flexibility index (Phi) is 5.71. The van der Waals surface area contributed by atoms with E-state index in [9.17, 15) is 0 Å². The van der Waals surface area contributed by atoms with Crippen molar-refractivity contribution in [2.24, 2.45) is 0 Å². The SMILES string of the molecule is CCCC(Cc1cccc(Br)c1)N1CCCCC1. The van der Waals surface area contributed by atoms with Gasteiger partial charge in [-0.3, -0.25) is 0 Å². The summed E-state index contributed by atoms with van der Waals surface area (Å²) < 4.78 is 1.20. The zero-order chi connectivity index (χ0) is 12.8. The molecule has 1 aliphatic rings. The maximum Gasteiger partial charge on any atom is 0.0178 e. The molecule has 100 valence electrons. The van der Waals surface area contributed by atoms with Crippen LogP contribution < -0.4 is 0 Å². The van der Waals surface area contributed by atoms with Crippen molar-refractivity contribution in [3.05, 3.63) is 34.3 Å². The minimum atomic E-state index is 0.740. The van der Waals surface area contributed by atoms with Gasteiger partial charge >= 0.3 is 0 Å². The largest absolute Gasteiger partial charge is 0.300 e. The quantitative estimate of drug-likeness (QED) is 0.765. The van der Waals surface area contributed by atoms with E-state index in [-0.39, 0.29) is 0 Å². The van der Waals surface area contributed by atoms with Gasteiger partial charge in [-0.25, -0.2) is 0 Å². The summed E-state index contributed by atoms with van der Waals surface area (Å²) >= 11 is 3.57. The smallest absolute Gasteiger partial charge is 0.0178 e. The van der Waals surface area contributed by atoms with Gasteiger partial charge in [0.2, 0.25) is 0 Å². The van der Waals surface area contributed by atoms with Crippen LogP contribution in [0.15, 0.2) is 28.7 Å². The second-order valence-electron chi connectivity index (χ2n) is 5.37. The molecule has 2 heteroatoms. The van der Waals surface area contributed by atoms with Crippen LogP contribution >= 0.6 is 15.9 Å². The Morgan fingerprint density at radius 3 is 2.67 bits per heavy atom. The van der Waals surface area contributed by atoms with E-state index in [1.54, 1.807) is 0 Å². The number of likely N-dealkylation sites (tertiary alicyclic amines) is 1. The Morgan fingerprint density at radius 2 is 2.00 bits per heavy atom. The van der Waals surface area contributed by atoms with Gasteiger partial charge < -0.3 is 4.90 Å². The predicted molar refractivity (Wildman–Crippen MR) is 82.0 cm³/mol. The van der Waals surface area contributed by atoms with E-state index in [2.05, 4.69) is 52.0 Å². The minimum absolute atomic E-state index is 0.740. The Balaban J connectivity index is 2.00. The van der Waals surface area contributed by atoms with Crippen LogP contribution in [0.2, 0.25) is 0 Å². The lowest BCUT2D eigenvalue weighted by Crippen LogP contribution is -2.40. The molecule has 0 aromatic heterocycles. The van der Waals surface area contributed by atoms with E-state index in [1.165, 1.54) is 61.7 Å². The van der Waals surface area contributed by atoms with E-state index >= 15 is 0 Å². The topological polar surface area (TPSA) is 3.24 Å². The van der Waals surface area contributed by atoms with E-state index < -0.39 is 0 Å². The zero-order valence-electron chi connectivity index (χ0n) is 11.4. The van der Waals surface area contributed by atoms with Gasteiger partial charge in [-0.15, -0.1) is 0 Å². The standard InChI is InChI=1S/C16H24BrN/c1-2-7-16(18-10-4-3-5-11-18)13-14-8-6-9-15(17)12-14/h6,8-9,12,16H,2-5,7,10-11,13H2,1H3. The third-order valence-corrected chi connectivity index (χ3v) is 4.38. The maximum absolute atomic E-state index is 3.57. The molecule has 0 bridgehead atoms. The summed E-state index contributed by atoms with van der Waals surface area (Å²) in [5.74, 6) is 0. The highest BCUT2D eigenvalue weighted by molar-refractivity contribution is 9.10. The normalized spacial score (nSPS) is 18.8. The van der Waals surface area contributed by atoms with Crippen LogP contribution in [0.1, 0.15) is 44.6 Å². The van der Waals surface area contributed by atoms with E-state index in [0.717, 1.165) is 6.04 Å². The van der Waals surface area contributed by atoms with Gasteiger partial charge in [0.1, 0.15) is 0 Å². The third-order valence-electron chi connectivity index (χ3n) is 3.89. The Labute approximate surface area is 120 Å². The summed E-state index contributed by atoms with van der Waals surface area (Å²) in [6.45, 7) is 4.91. The van der Waals surface area contributed by atoms with Gasteiger partial charge in [0.05, 0.1) is 0 Å². The first kappa shape index (κ1) is 14.1. The molecule has 1 aromatic rings. The van der Waals surface area contributed by atoms with E-state index in [1.807, 2.05) is 0 Å². The molecule has 1 saturated heterocycles. The van der Waals surface area contributed by atoms with Gasteiger partial charge in [0, 0.05) is 10.5 Å². The van der Waals surface area contributed by atoms with Gasteiger partial charge in [-0.1, -0.05) is 47.8 Å². The number of hydrogen-bond acceptors (Lipinski definition) is 1. The van der Waals surface area contributed by atoms with Crippen molar-refractivity contribution in [1.29, 1.82) is 0 Å². The second-order valence-corrected chi connectivity index (χ2v) is 6.29. The Hall–Kier alpha value is -0.340. The maximum atomic E-state index is 3.57. The number of halogens is 1. The molecule has 0 amide bonds. The minimum Gasteiger partial charge on any atom is -0.300 e. The fraction of sp³-hybridized carbons (Fsp3) is 0.625. The van der Waals surface area contributed by atoms with Crippen molar-refractivity contribution < 1.29 is 0 Å². The molecule has 0 radical (unpaired) electrons. The first-order chi connectivity index (χ1) is 8.79. The summed E-state index contributed by atoms with van der Waals surface area (Å²) in [6, 6.07) is 9.53. The molecule has 1 heterocycles. The number of hydrogen-bond donors (Lipinski definition) is 0. The summed E-state index contributed by atoms with van der Waals surface area (Å²) in [4.78, 5) is 2.72. The molecule has 1 unspecified atom stereocenters. The lowest BCUT2D eigenvalue weighted by Gasteiger charge is -2.34. The number of rotatable bonds is 5. The monoisotopic (exact) mass is 309 g/mol. The lowest BCUT2D eigenvalue weighted by molar-refractivity contribution is 0.153.